The van der Waals surface area contributed by atoms with Crippen molar-refractivity contribution < 1.29 is 18.8 Å². The number of rotatable bonds is 6. The third-order valence-electron chi connectivity index (χ3n) is 9.25. The van der Waals surface area contributed by atoms with Gasteiger partial charge in [0, 0.05) is 49.7 Å². The topological polar surface area (TPSA) is 93.8 Å². The summed E-state index contributed by atoms with van der Waals surface area (Å²) >= 11 is 0. The molecule has 9 heteroatoms. The van der Waals surface area contributed by atoms with Gasteiger partial charge in [0.15, 0.2) is 0 Å². The summed E-state index contributed by atoms with van der Waals surface area (Å²) in [6.45, 7) is 14.2. The van der Waals surface area contributed by atoms with Crippen LogP contribution in [0.2, 0.25) is 0 Å². The number of carbonyl (C=O) groups is 3. The lowest BCUT2D eigenvalue weighted by molar-refractivity contribution is -0.147. The van der Waals surface area contributed by atoms with Crippen LogP contribution in [-0.4, -0.2) is 77.0 Å². The summed E-state index contributed by atoms with van der Waals surface area (Å²) in [6.07, 6.45) is 7.10. The van der Waals surface area contributed by atoms with E-state index in [2.05, 4.69) is 29.8 Å². The minimum atomic E-state index is -0.790. The molecule has 3 N–H and O–H groups in total. The first-order valence-electron chi connectivity index (χ1n) is 15.9. The first kappa shape index (κ1) is 32.2. The molecule has 2 atom stereocenters. The molecule has 2 aliphatic heterocycles. The Balaban J connectivity index is 1.51. The molecule has 4 amide bonds. The highest BCUT2D eigenvalue weighted by Crippen LogP contribution is 2.46. The van der Waals surface area contributed by atoms with E-state index in [0.717, 1.165) is 31.2 Å². The minimum Gasteiger partial charge on any atom is -0.351 e. The highest BCUT2D eigenvalue weighted by molar-refractivity contribution is 5.88. The number of nitrogens with one attached hydrogen (secondary N) is 3. The number of piperazine rings is 1. The molecule has 0 spiro atoms. The predicted molar refractivity (Wildman–Crippen MR) is 163 cm³/mol. The van der Waals surface area contributed by atoms with Crippen LogP contribution in [0.4, 0.5) is 9.18 Å². The van der Waals surface area contributed by atoms with Crippen molar-refractivity contribution in [3.8, 4) is 0 Å². The molecular formula is C33H52FN5O3. The fourth-order valence-electron chi connectivity index (χ4n) is 7.37. The second-order valence-electron chi connectivity index (χ2n) is 14.7. The Morgan fingerprint density at radius 3 is 2.21 bits per heavy atom. The van der Waals surface area contributed by atoms with Gasteiger partial charge >= 0.3 is 6.03 Å². The lowest BCUT2D eigenvalue weighted by Crippen LogP contribution is -2.65. The zero-order valence-electron chi connectivity index (χ0n) is 26.5. The number of benzene rings is 1. The molecule has 3 fully saturated rings. The molecule has 1 aromatic rings. The summed E-state index contributed by atoms with van der Waals surface area (Å²) in [7, 11) is 0. The standard InChI is InChI=1S/C33H52FN5O3/c1-23-21-39(22-32(5,6)36-23)30(42)35-27(20-24-12-14-26(34)15-13-24)28(40)38-18-16-33(17-19-38,25-10-8-7-9-11-25)29(41)37-31(2,3)4/h12-15,23,25,27,36H,7-11,16-22H2,1-6H3,(H,35,42)(H,37,41)/t23-,27-/m1/s1. The second-order valence-corrected chi connectivity index (χ2v) is 14.7. The molecule has 4 rings (SSSR count). The van der Waals surface area contributed by atoms with Crippen LogP contribution in [0.3, 0.4) is 0 Å². The number of carbonyl (C=O) groups excluding carboxylic acids is 3. The fraction of sp³-hybridized carbons (Fsp3) is 0.727. The van der Waals surface area contributed by atoms with Crippen LogP contribution < -0.4 is 16.0 Å². The van der Waals surface area contributed by atoms with Crippen LogP contribution in [-0.2, 0) is 16.0 Å². The number of hydrogen-bond acceptors (Lipinski definition) is 4. The predicted octanol–water partition coefficient (Wildman–Crippen LogP) is 4.62. The Hall–Kier alpha value is -2.68. The van der Waals surface area contributed by atoms with Gasteiger partial charge in [-0.25, -0.2) is 9.18 Å². The smallest absolute Gasteiger partial charge is 0.318 e. The summed E-state index contributed by atoms with van der Waals surface area (Å²) in [5.41, 5.74) is -0.272. The average Bonchev–Trinajstić information content (AvgIpc) is 2.92. The number of likely N-dealkylation sites (tertiary alicyclic amines) is 1. The van der Waals surface area contributed by atoms with Gasteiger partial charge in [-0.2, -0.15) is 0 Å². The highest BCUT2D eigenvalue weighted by Gasteiger charge is 2.49. The van der Waals surface area contributed by atoms with Gasteiger partial charge in [0.25, 0.3) is 0 Å². The third-order valence-corrected chi connectivity index (χ3v) is 9.25. The summed E-state index contributed by atoms with van der Waals surface area (Å²) in [5, 5.41) is 9.81. The van der Waals surface area contributed by atoms with Crippen molar-refractivity contribution in [3.05, 3.63) is 35.6 Å². The average molecular weight is 586 g/mol. The van der Waals surface area contributed by atoms with Crippen LogP contribution in [0, 0.1) is 17.2 Å². The first-order chi connectivity index (χ1) is 19.7. The molecule has 2 saturated heterocycles. The Morgan fingerprint density at radius 1 is 1.02 bits per heavy atom. The lowest BCUT2D eigenvalue weighted by Gasteiger charge is -2.48. The van der Waals surface area contributed by atoms with Crippen LogP contribution >= 0.6 is 0 Å². The van der Waals surface area contributed by atoms with Crippen molar-refractivity contribution in [2.75, 3.05) is 26.2 Å². The van der Waals surface area contributed by atoms with E-state index in [1.54, 1.807) is 17.0 Å². The van der Waals surface area contributed by atoms with E-state index in [0.29, 0.717) is 44.9 Å². The van der Waals surface area contributed by atoms with E-state index in [9.17, 15) is 18.8 Å². The third kappa shape index (κ3) is 8.03. The number of halogens is 1. The SMILES string of the molecule is C[C@@H]1CN(C(=O)N[C@H](Cc2ccc(F)cc2)C(=O)N2CCC(C(=O)NC(C)(C)C)(C3CCCCC3)CC2)CC(C)(C)N1. The fourth-order valence-corrected chi connectivity index (χ4v) is 7.37. The van der Waals surface area contributed by atoms with Crippen molar-refractivity contribution in [2.24, 2.45) is 11.3 Å². The van der Waals surface area contributed by atoms with Crippen molar-refractivity contribution in [1.82, 2.24) is 25.8 Å². The van der Waals surface area contributed by atoms with Crippen molar-refractivity contribution in [2.45, 2.75) is 116 Å². The zero-order chi connectivity index (χ0) is 30.7. The maximum absolute atomic E-state index is 14.1. The van der Waals surface area contributed by atoms with Gasteiger partial charge in [0.2, 0.25) is 11.8 Å². The summed E-state index contributed by atoms with van der Waals surface area (Å²) in [4.78, 5) is 45.0. The normalized spacial score (nSPS) is 23.6. The quantitative estimate of drug-likeness (QED) is 0.454. The Bertz CT molecular complexity index is 1100. The first-order valence-corrected chi connectivity index (χ1v) is 15.9. The molecule has 1 aliphatic carbocycles. The molecule has 0 bridgehead atoms. The van der Waals surface area contributed by atoms with Gasteiger partial charge in [0.1, 0.15) is 11.9 Å². The number of amides is 4. The Kier molecular flexibility index (Phi) is 9.90. The van der Waals surface area contributed by atoms with Gasteiger partial charge in [-0.1, -0.05) is 31.4 Å². The lowest BCUT2D eigenvalue weighted by atomic mass is 9.63. The summed E-state index contributed by atoms with van der Waals surface area (Å²) in [5.74, 6) is -0.0610. The van der Waals surface area contributed by atoms with Crippen LogP contribution in [0.15, 0.2) is 24.3 Å². The molecule has 234 valence electrons. The molecular weight excluding hydrogens is 533 g/mol. The molecule has 0 aromatic heterocycles. The Morgan fingerprint density at radius 2 is 1.64 bits per heavy atom. The number of hydrogen-bond donors (Lipinski definition) is 3. The van der Waals surface area contributed by atoms with E-state index >= 15 is 0 Å². The van der Waals surface area contributed by atoms with Crippen LogP contribution in [0.5, 0.6) is 0 Å². The molecule has 0 unspecified atom stereocenters. The highest BCUT2D eigenvalue weighted by atomic mass is 19.1. The van der Waals surface area contributed by atoms with Crippen molar-refractivity contribution in [1.29, 1.82) is 0 Å². The minimum absolute atomic E-state index is 0.112. The number of nitrogens with zero attached hydrogens (tertiary/aromatic N) is 2. The Labute approximate surface area is 251 Å². The van der Waals surface area contributed by atoms with E-state index in [4.69, 9.17) is 0 Å². The molecule has 3 aliphatic rings. The van der Waals surface area contributed by atoms with E-state index in [1.807, 2.05) is 32.6 Å². The van der Waals surface area contributed by atoms with Gasteiger partial charge in [-0.3, -0.25) is 9.59 Å². The zero-order valence-corrected chi connectivity index (χ0v) is 26.5. The van der Waals surface area contributed by atoms with Gasteiger partial charge in [0.05, 0.1) is 5.41 Å². The van der Waals surface area contributed by atoms with Crippen molar-refractivity contribution in [3.63, 3.8) is 0 Å². The molecule has 1 saturated carbocycles. The molecule has 0 radical (unpaired) electrons. The molecule has 1 aromatic carbocycles. The van der Waals surface area contributed by atoms with E-state index in [1.165, 1.54) is 18.6 Å². The second kappa shape index (κ2) is 12.9. The molecule has 8 nitrogen and oxygen atoms in total. The number of urea groups is 1. The van der Waals surface area contributed by atoms with E-state index < -0.39 is 11.5 Å². The van der Waals surface area contributed by atoms with Gasteiger partial charge in [-0.15, -0.1) is 0 Å². The molecule has 42 heavy (non-hydrogen) atoms. The van der Waals surface area contributed by atoms with Crippen LogP contribution in [0.25, 0.3) is 0 Å². The van der Waals surface area contributed by atoms with Crippen molar-refractivity contribution >= 4 is 17.8 Å². The van der Waals surface area contributed by atoms with Crippen LogP contribution in [0.1, 0.15) is 92.1 Å². The van der Waals surface area contributed by atoms with Gasteiger partial charge in [-0.05, 0) is 90.8 Å². The number of piperidine rings is 1. The maximum Gasteiger partial charge on any atom is 0.318 e. The molecule has 2 heterocycles. The van der Waals surface area contributed by atoms with E-state index in [-0.39, 0.29) is 47.2 Å². The monoisotopic (exact) mass is 585 g/mol. The summed E-state index contributed by atoms with van der Waals surface area (Å²) in [6, 6.07) is 5.16. The largest absolute Gasteiger partial charge is 0.351 e. The summed E-state index contributed by atoms with van der Waals surface area (Å²) < 4.78 is 13.6. The maximum atomic E-state index is 14.1. The van der Waals surface area contributed by atoms with Gasteiger partial charge < -0.3 is 25.8 Å².